The number of carbonyl (C=O) groups excluding carboxylic acids is 1. The van der Waals surface area contributed by atoms with E-state index in [1.165, 1.54) is 10.9 Å². The third-order valence-corrected chi connectivity index (χ3v) is 4.60. The summed E-state index contributed by atoms with van der Waals surface area (Å²) in [7, 11) is 1.96. The Hall–Kier alpha value is -1.24. The number of nitrogens with one attached hydrogen (secondary N) is 1. The molecule has 1 aromatic carbocycles. The van der Waals surface area contributed by atoms with E-state index in [0.717, 1.165) is 11.0 Å². The monoisotopic (exact) mass is 370 g/mol. The van der Waals surface area contributed by atoms with E-state index in [-0.39, 0.29) is 11.6 Å². The molecule has 1 amide bonds. The van der Waals surface area contributed by atoms with Crippen LogP contribution >= 0.6 is 27.3 Å². The van der Waals surface area contributed by atoms with E-state index >= 15 is 0 Å². The summed E-state index contributed by atoms with van der Waals surface area (Å²) in [5.74, 6) is -0.595. The van der Waals surface area contributed by atoms with E-state index in [1.807, 2.05) is 12.4 Å². The van der Waals surface area contributed by atoms with Crippen LogP contribution in [0.5, 0.6) is 0 Å². The number of rotatable bonds is 6. The molecule has 0 unspecified atom stereocenters. The van der Waals surface area contributed by atoms with E-state index in [2.05, 4.69) is 32.2 Å². The van der Waals surface area contributed by atoms with Crippen molar-refractivity contribution in [3.8, 4) is 0 Å². The maximum absolute atomic E-state index is 13.4. The third kappa shape index (κ3) is 5.22. The summed E-state index contributed by atoms with van der Waals surface area (Å²) in [6.07, 6.45) is 0.331. The van der Waals surface area contributed by atoms with Crippen LogP contribution in [0.4, 0.5) is 10.1 Å². The van der Waals surface area contributed by atoms with E-state index in [4.69, 9.17) is 0 Å². The highest BCUT2D eigenvalue weighted by molar-refractivity contribution is 9.10. The van der Waals surface area contributed by atoms with Crippen LogP contribution in [-0.2, 0) is 11.3 Å². The molecule has 1 heterocycles. The number of halogens is 2. The quantitative estimate of drug-likeness (QED) is 0.829. The summed E-state index contributed by atoms with van der Waals surface area (Å²) in [6.45, 7) is 1.42. The Morgan fingerprint density at radius 3 is 2.86 bits per heavy atom. The summed E-state index contributed by atoms with van der Waals surface area (Å²) in [5, 5.41) is 4.62. The van der Waals surface area contributed by atoms with E-state index < -0.39 is 5.82 Å². The van der Waals surface area contributed by atoms with Crippen molar-refractivity contribution in [3.63, 3.8) is 0 Å². The van der Waals surface area contributed by atoms with Crippen LogP contribution in [0.3, 0.4) is 0 Å². The summed E-state index contributed by atoms with van der Waals surface area (Å²) < 4.78 is 14.5. The zero-order chi connectivity index (χ0) is 15.2. The first-order chi connectivity index (χ1) is 10.0. The van der Waals surface area contributed by atoms with Crippen molar-refractivity contribution < 1.29 is 9.18 Å². The minimum absolute atomic E-state index is 0.181. The molecule has 0 fully saturated rings. The summed E-state index contributed by atoms with van der Waals surface area (Å²) >= 11 is 5.10. The van der Waals surface area contributed by atoms with Crippen LogP contribution in [0.15, 0.2) is 40.2 Å². The lowest BCUT2D eigenvalue weighted by Crippen LogP contribution is -2.23. The van der Waals surface area contributed by atoms with Crippen LogP contribution in [0, 0.1) is 5.82 Å². The lowest BCUT2D eigenvalue weighted by atomic mass is 10.3. The molecule has 21 heavy (non-hydrogen) atoms. The van der Waals surface area contributed by atoms with Gasteiger partial charge in [-0.1, -0.05) is 12.1 Å². The van der Waals surface area contributed by atoms with Gasteiger partial charge in [-0.05, 0) is 41.2 Å². The molecule has 0 aliphatic rings. The van der Waals surface area contributed by atoms with Crippen LogP contribution in [0.25, 0.3) is 0 Å². The summed E-state index contributed by atoms with van der Waals surface area (Å²) in [6, 6.07) is 8.24. The van der Waals surface area contributed by atoms with E-state index in [1.54, 1.807) is 29.5 Å². The predicted molar refractivity (Wildman–Crippen MR) is 88.0 cm³/mol. The third-order valence-electron chi connectivity index (χ3n) is 2.92. The Balaban J connectivity index is 1.77. The fourth-order valence-electron chi connectivity index (χ4n) is 1.85. The molecular weight excluding hydrogens is 355 g/mol. The van der Waals surface area contributed by atoms with Gasteiger partial charge in [-0.3, -0.25) is 4.79 Å². The minimum Gasteiger partial charge on any atom is -0.324 e. The largest absolute Gasteiger partial charge is 0.324 e. The second-order valence-corrected chi connectivity index (χ2v) is 6.66. The molecule has 0 aliphatic heterocycles. The maximum atomic E-state index is 13.4. The molecule has 1 aromatic heterocycles. The second kappa shape index (κ2) is 7.68. The van der Waals surface area contributed by atoms with Gasteiger partial charge >= 0.3 is 0 Å². The fraction of sp³-hybridized carbons (Fsp3) is 0.267. The van der Waals surface area contributed by atoms with Gasteiger partial charge < -0.3 is 10.2 Å². The molecule has 1 N–H and O–H groups in total. The van der Waals surface area contributed by atoms with Crippen molar-refractivity contribution in [2.45, 2.75) is 13.0 Å². The molecule has 0 bridgehead atoms. The van der Waals surface area contributed by atoms with Gasteiger partial charge in [-0.15, -0.1) is 11.3 Å². The normalized spacial score (nSPS) is 10.9. The van der Waals surface area contributed by atoms with Gasteiger partial charge in [0.1, 0.15) is 5.82 Å². The molecule has 2 rings (SSSR count). The minimum atomic E-state index is -0.414. The van der Waals surface area contributed by atoms with Gasteiger partial charge in [0.15, 0.2) is 0 Å². The van der Waals surface area contributed by atoms with Gasteiger partial charge in [0.25, 0.3) is 0 Å². The number of benzene rings is 1. The maximum Gasteiger partial charge on any atom is 0.225 e. The molecule has 0 spiro atoms. The summed E-state index contributed by atoms with van der Waals surface area (Å²) in [5.41, 5.74) is 0.229. The zero-order valence-corrected chi connectivity index (χ0v) is 14.0. The Labute approximate surface area is 135 Å². The number of nitrogens with zero attached hydrogens (tertiary/aromatic N) is 1. The molecule has 0 aliphatic carbocycles. The molecule has 0 atom stereocenters. The van der Waals surface area contributed by atoms with Crippen molar-refractivity contribution >= 4 is 38.9 Å². The van der Waals surface area contributed by atoms with Gasteiger partial charge in [0, 0.05) is 34.2 Å². The molecule has 0 saturated heterocycles. The molecular formula is C15H16BrFN2OS. The first-order valence-electron chi connectivity index (χ1n) is 6.50. The number of amides is 1. The van der Waals surface area contributed by atoms with Crippen molar-refractivity contribution in [1.29, 1.82) is 0 Å². The first kappa shape index (κ1) is 16.1. The molecule has 0 radical (unpaired) electrons. The van der Waals surface area contributed by atoms with Gasteiger partial charge in [-0.2, -0.15) is 0 Å². The molecule has 3 nitrogen and oxygen atoms in total. The highest BCUT2D eigenvalue weighted by Gasteiger charge is 2.09. The van der Waals surface area contributed by atoms with E-state index in [0.29, 0.717) is 13.0 Å². The second-order valence-electron chi connectivity index (χ2n) is 4.75. The van der Waals surface area contributed by atoms with Gasteiger partial charge in [-0.25, -0.2) is 4.39 Å². The number of anilines is 1. The fourth-order valence-corrected chi connectivity index (χ4v) is 3.38. The smallest absolute Gasteiger partial charge is 0.225 e. The summed E-state index contributed by atoms with van der Waals surface area (Å²) in [4.78, 5) is 15.1. The highest BCUT2D eigenvalue weighted by Crippen LogP contribution is 2.20. The lowest BCUT2D eigenvalue weighted by molar-refractivity contribution is -0.116. The van der Waals surface area contributed by atoms with Crippen LogP contribution in [-0.4, -0.2) is 24.4 Å². The number of hydrogen-bond acceptors (Lipinski definition) is 3. The Bertz CT molecular complexity index is 617. The SMILES string of the molecule is CN(CCC(=O)Nc1ccccc1F)Cc1cc(Br)cs1. The number of thiophene rings is 1. The number of hydrogen-bond donors (Lipinski definition) is 1. The van der Waals surface area contributed by atoms with Crippen molar-refractivity contribution in [2.24, 2.45) is 0 Å². The lowest BCUT2D eigenvalue weighted by Gasteiger charge is -2.15. The number of para-hydroxylation sites is 1. The van der Waals surface area contributed by atoms with Crippen molar-refractivity contribution in [1.82, 2.24) is 4.90 Å². The van der Waals surface area contributed by atoms with Gasteiger partial charge in [0.2, 0.25) is 5.91 Å². The standard InChI is InChI=1S/C15H16BrFN2OS/c1-19(9-12-8-11(16)10-21-12)7-6-15(20)18-14-5-3-2-4-13(14)17/h2-5,8,10H,6-7,9H2,1H3,(H,18,20). The van der Waals surface area contributed by atoms with E-state index in [9.17, 15) is 9.18 Å². The Kier molecular flexibility index (Phi) is 5.90. The average molecular weight is 371 g/mol. The molecule has 0 saturated carbocycles. The molecule has 112 valence electrons. The first-order valence-corrected chi connectivity index (χ1v) is 8.17. The number of carbonyl (C=O) groups is 1. The topological polar surface area (TPSA) is 32.3 Å². The molecule has 6 heteroatoms. The average Bonchev–Trinajstić information content (AvgIpc) is 2.84. The van der Waals surface area contributed by atoms with Crippen LogP contribution < -0.4 is 5.32 Å². The van der Waals surface area contributed by atoms with Crippen molar-refractivity contribution in [2.75, 3.05) is 18.9 Å². The van der Waals surface area contributed by atoms with Crippen LogP contribution in [0.2, 0.25) is 0 Å². The Morgan fingerprint density at radius 1 is 1.43 bits per heavy atom. The zero-order valence-electron chi connectivity index (χ0n) is 11.6. The Morgan fingerprint density at radius 2 is 2.19 bits per heavy atom. The highest BCUT2D eigenvalue weighted by atomic mass is 79.9. The van der Waals surface area contributed by atoms with Crippen LogP contribution in [0.1, 0.15) is 11.3 Å². The van der Waals surface area contributed by atoms with Crippen molar-refractivity contribution in [3.05, 3.63) is 50.9 Å². The molecule has 2 aromatic rings. The predicted octanol–water partition coefficient (Wildman–Crippen LogP) is 4.11. The van der Waals surface area contributed by atoms with Gasteiger partial charge in [0.05, 0.1) is 5.69 Å².